The molecule has 2 saturated carbocycles. The molecule has 3 fully saturated rings. The predicted molar refractivity (Wildman–Crippen MR) is 95.0 cm³/mol. The number of hydrogen-bond acceptors (Lipinski definition) is 4. The van der Waals surface area contributed by atoms with E-state index >= 15 is 0 Å². The molecule has 4 heteroatoms. The Hall–Kier alpha value is -1.91. The minimum absolute atomic E-state index is 0.402. The Morgan fingerprint density at radius 2 is 1.64 bits per heavy atom. The van der Waals surface area contributed by atoms with Gasteiger partial charge in [0.05, 0.1) is 17.8 Å². The molecule has 0 spiro atoms. The Labute approximate surface area is 150 Å². The molecule has 1 aliphatic heterocycles. The third-order valence-electron chi connectivity index (χ3n) is 7.04. The topological polar surface area (TPSA) is 63.7 Å². The third kappa shape index (κ3) is 2.47. The van der Waals surface area contributed by atoms with Crippen molar-refractivity contribution < 1.29 is 0 Å². The summed E-state index contributed by atoms with van der Waals surface area (Å²) in [7, 11) is 0. The normalized spacial score (nSPS) is 38.0. The second-order valence-corrected chi connectivity index (χ2v) is 8.10. The number of nitrogens with zero attached hydrogens (tertiary/aromatic N) is 4. The van der Waals surface area contributed by atoms with E-state index in [1.807, 2.05) is 24.4 Å². The summed E-state index contributed by atoms with van der Waals surface area (Å²) in [5.74, 6) is 0.805. The fraction of sp³-hybridized carbons (Fsp3) is 0.667. The Morgan fingerprint density at radius 3 is 2.16 bits per heavy atom. The van der Waals surface area contributed by atoms with Crippen molar-refractivity contribution in [2.24, 2.45) is 11.8 Å². The molecule has 1 aromatic heterocycles. The monoisotopic (exact) mass is 334 g/mol. The second kappa shape index (κ2) is 6.43. The molecule has 0 aromatic carbocycles. The van der Waals surface area contributed by atoms with E-state index in [4.69, 9.17) is 0 Å². The molecule has 130 valence electrons. The number of pyridine rings is 1. The lowest BCUT2D eigenvalue weighted by Gasteiger charge is -2.61. The van der Waals surface area contributed by atoms with Crippen LogP contribution in [0.15, 0.2) is 24.4 Å². The van der Waals surface area contributed by atoms with Gasteiger partial charge < -0.3 is 0 Å². The van der Waals surface area contributed by atoms with Crippen molar-refractivity contribution in [2.75, 3.05) is 0 Å². The van der Waals surface area contributed by atoms with Crippen LogP contribution in [0.3, 0.4) is 0 Å². The van der Waals surface area contributed by atoms with Gasteiger partial charge in [-0.1, -0.05) is 31.7 Å². The molecule has 25 heavy (non-hydrogen) atoms. The van der Waals surface area contributed by atoms with Crippen LogP contribution in [-0.4, -0.2) is 21.0 Å². The number of likely N-dealkylation sites (tertiary alicyclic amines) is 1. The molecule has 0 amide bonds. The molecule has 4 atom stereocenters. The van der Waals surface area contributed by atoms with Crippen molar-refractivity contribution in [3.63, 3.8) is 0 Å². The molecular weight excluding hydrogens is 308 g/mol. The first-order valence-electron chi connectivity index (χ1n) is 9.75. The maximum absolute atomic E-state index is 10.3. The van der Waals surface area contributed by atoms with E-state index < -0.39 is 11.1 Å². The Balaban J connectivity index is 1.81. The van der Waals surface area contributed by atoms with Crippen LogP contribution < -0.4 is 0 Å². The van der Waals surface area contributed by atoms with Crippen molar-refractivity contribution in [1.29, 1.82) is 10.5 Å². The third-order valence-corrected chi connectivity index (χ3v) is 7.04. The van der Waals surface area contributed by atoms with Crippen LogP contribution in [0, 0.1) is 34.5 Å². The van der Waals surface area contributed by atoms with E-state index in [0.717, 1.165) is 50.6 Å². The average Bonchev–Trinajstić information content (AvgIpc) is 2.68. The molecule has 0 N–H and O–H groups in total. The van der Waals surface area contributed by atoms with E-state index in [1.165, 1.54) is 12.8 Å². The molecular formula is C21H26N4. The summed E-state index contributed by atoms with van der Waals surface area (Å²) in [4.78, 5) is 6.84. The first-order valence-corrected chi connectivity index (χ1v) is 9.75. The maximum Gasteiger partial charge on any atom is 0.113 e. The first kappa shape index (κ1) is 16.6. The number of rotatable bonds is 2. The van der Waals surface area contributed by atoms with E-state index in [1.54, 1.807) is 0 Å². The summed E-state index contributed by atoms with van der Waals surface area (Å²) in [5.41, 5.74) is 0.000820. The Morgan fingerprint density at radius 1 is 1.00 bits per heavy atom. The fourth-order valence-electron chi connectivity index (χ4n) is 5.84. The van der Waals surface area contributed by atoms with Gasteiger partial charge in [-0.15, -0.1) is 0 Å². The van der Waals surface area contributed by atoms with Crippen molar-refractivity contribution in [3.05, 3.63) is 30.1 Å². The van der Waals surface area contributed by atoms with Gasteiger partial charge in [-0.3, -0.25) is 9.88 Å². The van der Waals surface area contributed by atoms with Crippen LogP contribution in [0.1, 0.15) is 63.5 Å². The van der Waals surface area contributed by atoms with Crippen LogP contribution in [0.5, 0.6) is 0 Å². The van der Waals surface area contributed by atoms with Crippen molar-refractivity contribution in [2.45, 2.75) is 75.4 Å². The summed E-state index contributed by atoms with van der Waals surface area (Å²) < 4.78 is 0. The minimum atomic E-state index is -0.487. The molecule has 0 radical (unpaired) electrons. The maximum atomic E-state index is 10.3. The highest BCUT2D eigenvalue weighted by atomic mass is 15.3. The van der Waals surface area contributed by atoms with Gasteiger partial charge in [0, 0.05) is 12.7 Å². The van der Waals surface area contributed by atoms with Crippen molar-refractivity contribution in [3.8, 4) is 12.1 Å². The second-order valence-electron chi connectivity index (χ2n) is 8.10. The number of hydrogen-bond donors (Lipinski definition) is 0. The highest BCUT2D eigenvalue weighted by Crippen LogP contribution is 2.56. The standard InChI is InChI=1S/C21H26N4/c22-15-20-10-4-1-7-17(20)13-18-8-2-5-11-21(18,16-23)25(20)14-19-9-3-6-12-24-19/h3,6,9,12,17-18H,1-2,4-5,7-8,10-11,13-14H2/t17-,18-,20-,21+/m1/s1. The molecule has 4 nitrogen and oxygen atoms in total. The van der Waals surface area contributed by atoms with Gasteiger partial charge in [0.2, 0.25) is 0 Å². The van der Waals surface area contributed by atoms with Gasteiger partial charge in [-0.25, -0.2) is 0 Å². The Kier molecular flexibility index (Phi) is 4.26. The fourth-order valence-corrected chi connectivity index (χ4v) is 5.84. The van der Waals surface area contributed by atoms with Crippen LogP contribution in [0.25, 0.3) is 0 Å². The van der Waals surface area contributed by atoms with Gasteiger partial charge in [0.25, 0.3) is 0 Å². The van der Waals surface area contributed by atoms with Gasteiger partial charge >= 0.3 is 0 Å². The zero-order chi connectivity index (χ0) is 17.3. The summed E-state index contributed by atoms with van der Waals surface area (Å²) in [6, 6.07) is 11.4. The molecule has 3 aliphatic rings. The number of nitriles is 2. The summed E-state index contributed by atoms with van der Waals surface area (Å²) in [6.45, 7) is 0.620. The van der Waals surface area contributed by atoms with Crippen molar-refractivity contribution >= 4 is 0 Å². The zero-order valence-corrected chi connectivity index (χ0v) is 14.8. The Bertz CT molecular complexity index is 663. The lowest BCUT2D eigenvalue weighted by atomic mass is 9.57. The van der Waals surface area contributed by atoms with Crippen LogP contribution in [0.2, 0.25) is 0 Å². The van der Waals surface area contributed by atoms with Gasteiger partial charge in [0.15, 0.2) is 0 Å². The number of aromatic nitrogens is 1. The highest BCUT2D eigenvalue weighted by Gasteiger charge is 2.61. The molecule has 0 unspecified atom stereocenters. The average molecular weight is 334 g/mol. The van der Waals surface area contributed by atoms with E-state index in [0.29, 0.717) is 18.4 Å². The molecule has 4 rings (SSSR count). The summed E-state index contributed by atoms with van der Waals surface area (Å²) in [6.07, 6.45) is 11.6. The molecule has 0 bridgehead atoms. The van der Waals surface area contributed by atoms with Gasteiger partial charge in [-0.2, -0.15) is 10.5 Å². The number of fused-ring (bicyclic) bond motifs is 2. The quantitative estimate of drug-likeness (QED) is 0.813. The van der Waals surface area contributed by atoms with Gasteiger partial charge in [0.1, 0.15) is 11.1 Å². The van der Waals surface area contributed by atoms with Crippen LogP contribution in [0.4, 0.5) is 0 Å². The highest BCUT2D eigenvalue weighted by molar-refractivity contribution is 5.28. The molecule has 2 aliphatic carbocycles. The molecule has 1 aromatic rings. The van der Waals surface area contributed by atoms with E-state index in [9.17, 15) is 10.5 Å². The lowest BCUT2D eigenvalue weighted by molar-refractivity contribution is -0.117. The number of piperidine rings is 1. The largest absolute Gasteiger partial charge is 0.261 e. The first-order chi connectivity index (χ1) is 12.2. The lowest BCUT2D eigenvalue weighted by Crippen LogP contribution is -2.70. The SMILES string of the molecule is N#C[C@]12CCCC[C@@H]1C[C@H]1CCCC[C@@]1(C#N)N2Cc1ccccn1. The van der Waals surface area contributed by atoms with Crippen LogP contribution in [-0.2, 0) is 6.54 Å². The van der Waals surface area contributed by atoms with Crippen LogP contribution >= 0.6 is 0 Å². The zero-order valence-electron chi connectivity index (χ0n) is 14.8. The molecule has 1 saturated heterocycles. The summed E-state index contributed by atoms with van der Waals surface area (Å²) in [5, 5.41) is 20.6. The van der Waals surface area contributed by atoms with E-state index in [2.05, 4.69) is 22.0 Å². The summed E-state index contributed by atoms with van der Waals surface area (Å²) >= 11 is 0. The predicted octanol–water partition coefficient (Wildman–Crippen LogP) is 4.19. The minimum Gasteiger partial charge on any atom is -0.261 e. The van der Waals surface area contributed by atoms with E-state index in [-0.39, 0.29) is 0 Å². The smallest absolute Gasteiger partial charge is 0.113 e. The molecule has 2 heterocycles. The van der Waals surface area contributed by atoms with Gasteiger partial charge in [-0.05, 0) is 56.1 Å². The van der Waals surface area contributed by atoms with Crippen molar-refractivity contribution in [1.82, 2.24) is 9.88 Å².